The molecule has 2 saturated heterocycles. The molecular weight excluding hydrogens is 344 g/mol. The van der Waals surface area contributed by atoms with Crippen molar-refractivity contribution in [3.05, 3.63) is 34.9 Å². The molecule has 2 aliphatic heterocycles. The highest BCUT2D eigenvalue weighted by Gasteiger charge is 2.47. The Balaban J connectivity index is 1.45. The van der Waals surface area contributed by atoms with E-state index < -0.39 is 0 Å². The van der Waals surface area contributed by atoms with Crippen LogP contribution < -0.4 is 0 Å². The molecule has 6 nitrogen and oxygen atoms in total. The monoisotopic (exact) mass is 370 g/mol. The molecule has 0 aromatic heterocycles. The van der Waals surface area contributed by atoms with Crippen LogP contribution in [0, 0.1) is 19.8 Å². The lowest BCUT2D eigenvalue weighted by Crippen LogP contribution is -2.67. The second-order valence-electron chi connectivity index (χ2n) is 7.97. The lowest BCUT2D eigenvalue weighted by atomic mass is 9.81. The molecule has 3 atom stereocenters. The van der Waals surface area contributed by atoms with E-state index in [0.717, 1.165) is 29.5 Å². The van der Waals surface area contributed by atoms with Crippen molar-refractivity contribution in [1.82, 2.24) is 9.80 Å². The Morgan fingerprint density at radius 3 is 2.44 bits per heavy atom. The zero-order valence-electron chi connectivity index (χ0n) is 15.9. The van der Waals surface area contributed by atoms with Crippen molar-refractivity contribution in [1.29, 1.82) is 0 Å². The van der Waals surface area contributed by atoms with Gasteiger partial charge in [-0.15, -0.1) is 0 Å². The maximum atomic E-state index is 13.1. The second kappa shape index (κ2) is 6.98. The standard InChI is InChI=1S/C21H26N2O4/c1-13-3-4-14(2)16(11-13)20(25)23-9-8-22(17-5-6-18(17)23)19(24)12-15-7-10-27-21(15)26/h3-4,11,15,17-18H,5-10,12H2,1-2H3/t15?,17-,18-/m1/s1. The van der Waals surface area contributed by atoms with Gasteiger partial charge in [0.05, 0.1) is 24.6 Å². The van der Waals surface area contributed by atoms with Gasteiger partial charge in [-0.05, 0) is 44.7 Å². The molecule has 0 spiro atoms. The number of piperazine rings is 1. The van der Waals surface area contributed by atoms with Gasteiger partial charge in [0.15, 0.2) is 0 Å². The van der Waals surface area contributed by atoms with E-state index in [0.29, 0.717) is 26.1 Å². The Kier molecular flexibility index (Phi) is 4.66. The van der Waals surface area contributed by atoms with E-state index in [1.165, 1.54) is 0 Å². The highest BCUT2D eigenvalue weighted by Crippen LogP contribution is 2.36. The number of hydrogen-bond donors (Lipinski definition) is 0. The molecule has 144 valence electrons. The second-order valence-corrected chi connectivity index (χ2v) is 7.97. The van der Waals surface area contributed by atoms with Gasteiger partial charge in [-0.25, -0.2) is 0 Å². The molecule has 1 aliphatic carbocycles. The molecular formula is C21H26N2O4. The summed E-state index contributed by atoms with van der Waals surface area (Å²) in [6.07, 6.45) is 2.70. The maximum Gasteiger partial charge on any atom is 0.309 e. The molecule has 2 heterocycles. The summed E-state index contributed by atoms with van der Waals surface area (Å²) in [5.74, 6) is -0.465. The Bertz CT molecular complexity index is 790. The molecule has 1 aromatic rings. The fraction of sp³-hybridized carbons (Fsp3) is 0.571. The largest absolute Gasteiger partial charge is 0.465 e. The number of benzene rings is 1. The van der Waals surface area contributed by atoms with Gasteiger partial charge in [-0.2, -0.15) is 0 Å². The number of aryl methyl sites for hydroxylation is 2. The van der Waals surface area contributed by atoms with Crippen LogP contribution in [0.4, 0.5) is 0 Å². The van der Waals surface area contributed by atoms with Gasteiger partial charge < -0.3 is 14.5 Å². The van der Waals surface area contributed by atoms with Gasteiger partial charge in [0.1, 0.15) is 0 Å². The van der Waals surface area contributed by atoms with Crippen LogP contribution in [-0.2, 0) is 14.3 Å². The maximum absolute atomic E-state index is 13.1. The van der Waals surface area contributed by atoms with Gasteiger partial charge in [-0.3, -0.25) is 14.4 Å². The average Bonchev–Trinajstić information content (AvgIpc) is 3.01. The third-order valence-electron chi connectivity index (χ3n) is 6.25. The van der Waals surface area contributed by atoms with Crippen molar-refractivity contribution in [3.63, 3.8) is 0 Å². The molecule has 27 heavy (non-hydrogen) atoms. The third-order valence-corrected chi connectivity index (χ3v) is 6.25. The minimum atomic E-state index is -0.300. The molecule has 3 aliphatic rings. The highest BCUT2D eigenvalue weighted by atomic mass is 16.5. The van der Waals surface area contributed by atoms with Gasteiger partial charge >= 0.3 is 5.97 Å². The number of carbonyl (C=O) groups excluding carboxylic acids is 3. The van der Waals surface area contributed by atoms with Gasteiger partial charge in [-0.1, -0.05) is 17.7 Å². The van der Waals surface area contributed by atoms with Crippen LogP contribution in [0.3, 0.4) is 0 Å². The predicted octanol–water partition coefficient (Wildman–Crippen LogP) is 2.07. The van der Waals surface area contributed by atoms with Crippen molar-refractivity contribution in [2.45, 2.75) is 51.6 Å². The van der Waals surface area contributed by atoms with E-state index >= 15 is 0 Å². The van der Waals surface area contributed by atoms with Crippen molar-refractivity contribution in [3.8, 4) is 0 Å². The number of nitrogens with zero attached hydrogens (tertiary/aromatic N) is 2. The van der Waals surface area contributed by atoms with Gasteiger partial charge in [0, 0.05) is 25.1 Å². The zero-order valence-corrected chi connectivity index (χ0v) is 15.9. The zero-order chi connectivity index (χ0) is 19.1. The van der Waals surface area contributed by atoms with E-state index in [2.05, 4.69) is 0 Å². The lowest BCUT2D eigenvalue weighted by Gasteiger charge is -2.54. The predicted molar refractivity (Wildman–Crippen MR) is 99.2 cm³/mol. The summed E-state index contributed by atoms with van der Waals surface area (Å²) < 4.78 is 4.97. The topological polar surface area (TPSA) is 66.9 Å². The number of amides is 2. The quantitative estimate of drug-likeness (QED) is 0.764. The molecule has 0 N–H and O–H groups in total. The SMILES string of the molecule is Cc1ccc(C)c(C(=O)N2CCN(C(=O)CC3CCOC3=O)[C@@H]3CC[C@H]32)c1. The summed E-state index contributed by atoms with van der Waals surface area (Å²) >= 11 is 0. The molecule has 6 heteroatoms. The molecule has 0 bridgehead atoms. The fourth-order valence-corrected chi connectivity index (χ4v) is 4.47. The lowest BCUT2D eigenvalue weighted by molar-refractivity contribution is -0.148. The molecule has 3 fully saturated rings. The minimum Gasteiger partial charge on any atom is -0.465 e. The van der Waals surface area contributed by atoms with Crippen molar-refractivity contribution >= 4 is 17.8 Å². The first-order valence-corrected chi connectivity index (χ1v) is 9.80. The first-order valence-electron chi connectivity index (χ1n) is 9.80. The van der Waals surface area contributed by atoms with Crippen LogP contribution >= 0.6 is 0 Å². The number of hydrogen-bond acceptors (Lipinski definition) is 4. The van der Waals surface area contributed by atoms with Gasteiger partial charge in [0.25, 0.3) is 5.91 Å². The Labute approximate surface area is 159 Å². The van der Waals surface area contributed by atoms with E-state index in [9.17, 15) is 14.4 Å². The van der Waals surface area contributed by atoms with Crippen LogP contribution in [0.1, 0.15) is 47.2 Å². The Hall–Kier alpha value is -2.37. The number of fused-ring (bicyclic) bond motifs is 1. The molecule has 1 unspecified atom stereocenters. The molecule has 1 saturated carbocycles. The Morgan fingerprint density at radius 2 is 1.78 bits per heavy atom. The molecule has 4 rings (SSSR count). The normalized spacial score (nSPS) is 27.0. The summed E-state index contributed by atoms with van der Waals surface area (Å²) in [7, 11) is 0. The van der Waals surface area contributed by atoms with Crippen molar-refractivity contribution in [2.75, 3.05) is 19.7 Å². The summed E-state index contributed by atoms with van der Waals surface area (Å²) in [6, 6.07) is 6.13. The molecule has 0 radical (unpaired) electrons. The third kappa shape index (κ3) is 3.22. The number of ether oxygens (including phenoxy) is 1. The van der Waals surface area contributed by atoms with Crippen LogP contribution in [0.25, 0.3) is 0 Å². The average molecular weight is 370 g/mol. The smallest absolute Gasteiger partial charge is 0.309 e. The highest BCUT2D eigenvalue weighted by molar-refractivity contribution is 5.96. The van der Waals surface area contributed by atoms with Crippen molar-refractivity contribution < 1.29 is 19.1 Å². The summed E-state index contributed by atoms with van der Waals surface area (Å²) in [5, 5.41) is 0. The number of rotatable bonds is 3. The van der Waals surface area contributed by atoms with E-state index in [4.69, 9.17) is 4.74 Å². The van der Waals surface area contributed by atoms with E-state index in [1.807, 2.05) is 41.8 Å². The number of esters is 1. The fourth-order valence-electron chi connectivity index (χ4n) is 4.47. The summed E-state index contributed by atoms with van der Waals surface area (Å²) in [5.41, 5.74) is 2.82. The summed E-state index contributed by atoms with van der Waals surface area (Å²) in [6.45, 7) is 5.46. The first-order chi connectivity index (χ1) is 13.0. The number of carbonyl (C=O) groups is 3. The van der Waals surface area contributed by atoms with Crippen LogP contribution in [0.2, 0.25) is 0 Å². The van der Waals surface area contributed by atoms with Crippen LogP contribution in [0.15, 0.2) is 18.2 Å². The molecule has 1 aromatic carbocycles. The van der Waals surface area contributed by atoms with Crippen LogP contribution in [0.5, 0.6) is 0 Å². The first kappa shape index (κ1) is 18.0. The molecule has 2 amide bonds. The Morgan fingerprint density at radius 1 is 1.07 bits per heavy atom. The van der Waals surface area contributed by atoms with E-state index in [1.54, 1.807) is 0 Å². The minimum absolute atomic E-state index is 0.0207. The van der Waals surface area contributed by atoms with E-state index in [-0.39, 0.29) is 42.2 Å². The van der Waals surface area contributed by atoms with Gasteiger partial charge in [0.2, 0.25) is 5.91 Å². The number of cyclic esters (lactones) is 1. The van der Waals surface area contributed by atoms with Crippen LogP contribution in [-0.4, -0.2) is 59.4 Å². The van der Waals surface area contributed by atoms with Crippen molar-refractivity contribution in [2.24, 2.45) is 5.92 Å². The summed E-state index contributed by atoms with van der Waals surface area (Å²) in [4.78, 5) is 41.4.